The van der Waals surface area contributed by atoms with Crippen LogP contribution in [0, 0.1) is 13.8 Å². The van der Waals surface area contributed by atoms with Gasteiger partial charge < -0.3 is 5.32 Å². The van der Waals surface area contributed by atoms with Gasteiger partial charge >= 0.3 is 0 Å². The van der Waals surface area contributed by atoms with Crippen molar-refractivity contribution in [2.75, 3.05) is 5.32 Å². The van der Waals surface area contributed by atoms with Crippen molar-refractivity contribution >= 4 is 23.7 Å². The van der Waals surface area contributed by atoms with Gasteiger partial charge in [-0.2, -0.15) is 0 Å². The molecule has 0 aliphatic carbocycles. The Morgan fingerprint density at radius 2 is 1.59 bits per heavy atom. The maximum Gasteiger partial charge on any atom is 0.236 e. The summed E-state index contributed by atoms with van der Waals surface area (Å²) in [6, 6.07) is 22.7. The zero-order valence-electron chi connectivity index (χ0n) is 15.6. The van der Waals surface area contributed by atoms with Crippen molar-refractivity contribution in [2.45, 2.75) is 20.4 Å². The molecule has 27 heavy (non-hydrogen) atoms. The number of benzene rings is 2. The quantitative estimate of drug-likeness (QED) is 0.540. The highest BCUT2D eigenvalue weighted by Gasteiger charge is 2.13. The Hall–Kier alpha value is -3.40. The fraction of sp³-hybridized carbons (Fsp3) is 0.130. The molecule has 4 aromatic rings. The number of hydrogen-bond acceptors (Lipinski definition) is 3. The minimum Gasteiger partial charge on any atom is -0.365 e. The summed E-state index contributed by atoms with van der Waals surface area (Å²) in [6.45, 7) is 4.81. The second-order valence-electron chi connectivity index (χ2n) is 6.60. The van der Waals surface area contributed by atoms with E-state index in [0.29, 0.717) is 0 Å². The largest absolute Gasteiger partial charge is 0.365 e. The smallest absolute Gasteiger partial charge is 0.236 e. The number of aromatic nitrogens is 3. The molecule has 2 heterocycles. The van der Waals surface area contributed by atoms with E-state index in [1.165, 1.54) is 5.56 Å². The number of nitrogens with zero attached hydrogens (tertiary/aromatic N) is 3. The van der Waals surface area contributed by atoms with E-state index in [-0.39, 0.29) is 0 Å². The van der Waals surface area contributed by atoms with Crippen LogP contribution in [0.15, 0.2) is 66.7 Å². The number of rotatable bonds is 5. The van der Waals surface area contributed by atoms with Crippen LogP contribution < -0.4 is 5.32 Å². The minimum atomic E-state index is 0.718. The molecule has 2 aromatic carbocycles. The molecule has 0 fully saturated rings. The Bertz CT molecular complexity index is 1080. The molecule has 2 aromatic heterocycles. The first kappa shape index (κ1) is 17.0. The molecule has 134 valence electrons. The zero-order valence-corrected chi connectivity index (χ0v) is 15.6. The maximum absolute atomic E-state index is 4.76. The van der Waals surface area contributed by atoms with Crippen LogP contribution in [0.2, 0.25) is 0 Å². The summed E-state index contributed by atoms with van der Waals surface area (Å²) in [5.74, 6) is 1.68. The number of aryl methyl sites for hydroxylation is 2. The maximum atomic E-state index is 4.76. The van der Waals surface area contributed by atoms with Crippen molar-refractivity contribution in [3.8, 4) is 0 Å². The fourth-order valence-electron chi connectivity index (χ4n) is 3.20. The number of anilines is 1. The van der Waals surface area contributed by atoms with Crippen LogP contribution in [-0.2, 0) is 6.54 Å². The lowest BCUT2D eigenvalue weighted by atomic mass is 10.2. The molecule has 0 aliphatic rings. The lowest BCUT2D eigenvalue weighted by molar-refractivity contribution is 0.995. The zero-order chi connectivity index (χ0) is 18.6. The third-order valence-electron chi connectivity index (χ3n) is 4.47. The van der Waals surface area contributed by atoms with E-state index in [0.717, 1.165) is 40.8 Å². The first-order valence-corrected chi connectivity index (χ1v) is 9.08. The van der Waals surface area contributed by atoms with Crippen molar-refractivity contribution in [1.29, 1.82) is 0 Å². The van der Waals surface area contributed by atoms with Gasteiger partial charge in [0.05, 0.1) is 0 Å². The van der Waals surface area contributed by atoms with Gasteiger partial charge in [-0.3, -0.25) is 4.40 Å². The van der Waals surface area contributed by atoms with E-state index in [1.54, 1.807) is 0 Å². The SMILES string of the molecule is Cc1cc(C)n2c(NCc3ccccc3)c(/C=C/c3ccccc3)nc2n1. The van der Waals surface area contributed by atoms with Crippen LogP contribution in [0.4, 0.5) is 5.82 Å². The van der Waals surface area contributed by atoms with Crippen LogP contribution in [0.25, 0.3) is 17.9 Å². The van der Waals surface area contributed by atoms with Crippen molar-refractivity contribution in [1.82, 2.24) is 14.4 Å². The van der Waals surface area contributed by atoms with Crippen LogP contribution in [0.5, 0.6) is 0 Å². The Balaban J connectivity index is 1.74. The van der Waals surface area contributed by atoms with Gasteiger partial charge in [-0.15, -0.1) is 0 Å². The summed E-state index contributed by atoms with van der Waals surface area (Å²) in [7, 11) is 0. The van der Waals surface area contributed by atoms with Crippen LogP contribution >= 0.6 is 0 Å². The van der Waals surface area contributed by atoms with Crippen LogP contribution in [0.3, 0.4) is 0 Å². The van der Waals surface area contributed by atoms with Gasteiger partial charge in [0.2, 0.25) is 5.78 Å². The lowest BCUT2D eigenvalue weighted by Gasteiger charge is -2.10. The van der Waals surface area contributed by atoms with Crippen LogP contribution in [0.1, 0.15) is 28.2 Å². The third kappa shape index (κ3) is 3.75. The van der Waals surface area contributed by atoms with E-state index in [2.05, 4.69) is 70.2 Å². The Kier molecular flexibility index (Phi) is 4.71. The molecule has 0 bridgehead atoms. The average molecular weight is 354 g/mol. The van der Waals surface area contributed by atoms with Gasteiger partial charge in [-0.05, 0) is 37.1 Å². The molecule has 0 saturated heterocycles. The summed E-state index contributed by atoms with van der Waals surface area (Å²) in [5, 5.41) is 3.56. The molecule has 0 radical (unpaired) electrons. The van der Waals surface area contributed by atoms with E-state index >= 15 is 0 Å². The molecule has 4 rings (SSSR count). The third-order valence-corrected chi connectivity index (χ3v) is 4.47. The predicted octanol–water partition coefficient (Wildman–Crippen LogP) is 5.13. The Labute approximate surface area is 159 Å². The van der Waals surface area contributed by atoms with Gasteiger partial charge in [0.15, 0.2) is 0 Å². The predicted molar refractivity (Wildman–Crippen MR) is 112 cm³/mol. The van der Waals surface area contributed by atoms with Crippen molar-refractivity contribution in [2.24, 2.45) is 0 Å². The minimum absolute atomic E-state index is 0.718. The molecular formula is C23H22N4. The summed E-state index contributed by atoms with van der Waals surface area (Å²) < 4.78 is 2.08. The molecule has 0 aliphatic heterocycles. The van der Waals surface area contributed by atoms with E-state index in [9.17, 15) is 0 Å². The van der Waals surface area contributed by atoms with Gasteiger partial charge in [-0.25, -0.2) is 9.97 Å². The second kappa shape index (κ2) is 7.46. The van der Waals surface area contributed by atoms with Gasteiger partial charge in [-0.1, -0.05) is 66.7 Å². The standard InChI is InChI=1S/C23H22N4/c1-17-15-18(2)27-22(24-16-20-11-7-4-8-12-20)21(26-23(27)25-17)14-13-19-9-5-3-6-10-19/h3-15,24H,16H2,1-2H3/b14-13+. The van der Waals surface area contributed by atoms with Gasteiger partial charge in [0.1, 0.15) is 11.5 Å². The summed E-state index contributed by atoms with van der Waals surface area (Å²) in [6.07, 6.45) is 4.13. The summed E-state index contributed by atoms with van der Waals surface area (Å²) in [4.78, 5) is 9.37. The topological polar surface area (TPSA) is 42.2 Å². The number of imidazole rings is 1. The second-order valence-corrected chi connectivity index (χ2v) is 6.60. The normalized spacial score (nSPS) is 11.3. The van der Waals surface area contributed by atoms with E-state index in [1.807, 2.05) is 37.3 Å². The first-order valence-electron chi connectivity index (χ1n) is 9.08. The molecule has 4 nitrogen and oxygen atoms in total. The highest BCUT2D eigenvalue weighted by Crippen LogP contribution is 2.23. The molecule has 1 N–H and O–H groups in total. The highest BCUT2D eigenvalue weighted by atomic mass is 15.2. The number of fused-ring (bicyclic) bond motifs is 1. The number of nitrogens with one attached hydrogen (secondary N) is 1. The van der Waals surface area contributed by atoms with Crippen LogP contribution in [-0.4, -0.2) is 14.4 Å². The molecule has 0 unspecified atom stereocenters. The van der Waals surface area contributed by atoms with Gasteiger partial charge in [0, 0.05) is 17.9 Å². The summed E-state index contributed by atoms with van der Waals surface area (Å²) >= 11 is 0. The fourth-order valence-corrected chi connectivity index (χ4v) is 3.20. The Morgan fingerprint density at radius 3 is 2.33 bits per heavy atom. The summed E-state index contributed by atoms with van der Waals surface area (Å²) in [5.41, 5.74) is 5.33. The molecule has 0 saturated carbocycles. The lowest BCUT2D eigenvalue weighted by Crippen LogP contribution is -2.05. The van der Waals surface area contributed by atoms with Crippen molar-refractivity contribution < 1.29 is 0 Å². The monoisotopic (exact) mass is 354 g/mol. The molecule has 0 amide bonds. The number of hydrogen-bond donors (Lipinski definition) is 1. The molecular weight excluding hydrogens is 332 g/mol. The van der Waals surface area contributed by atoms with E-state index < -0.39 is 0 Å². The van der Waals surface area contributed by atoms with Crippen molar-refractivity contribution in [3.63, 3.8) is 0 Å². The Morgan fingerprint density at radius 1 is 0.889 bits per heavy atom. The highest BCUT2D eigenvalue weighted by molar-refractivity contribution is 5.75. The molecule has 0 spiro atoms. The molecule has 4 heteroatoms. The first-order chi connectivity index (χ1) is 13.2. The average Bonchev–Trinajstić information content (AvgIpc) is 3.04. The molecule has 0 atom stereocenters. The van der Waals surface area contributed by atoms with Gasteiger partial charge in [0.25, 0.3) is 0 Å². The van der Waals surface area contributed by atoms with E-state index in [4.69, 9.17) is 4.98 Å². The van der Waals surface area contributed by atoms with Crippen molar-refractivity contribution in [3.05, 3.63) is 94.9 Å².